The first-order valence-corrected chi connectivity index (χ1v) is 8.85. The number of hydrogen-bond acceptors (Lipinski definition) is 7. The molecule has 2 aromatic rings. The smallest absolute Gasteiger partial charge is 0.251 e. The average Bonchev–Trinajstić information content (AvgIpc) is 2.72. The van der Waals surface area contributed by atoms with Crippen LogP contribution in [0.4, 0.5) is 0 Å². The van der Waals surface area contributed by atoms with Crippen molar-refractivity contribution in [3.05, 3.63) is 59.7 Å². The van der Waals surface area contributed by atoms with Gasteiger partial charge in [0.15, 0.2) is 0 Å². The van der Waals surface area contributed by atoms with Crippen LogP contribution in [0.15, 0.2) is 48.5 Å². The summed E-state index contributed by atoms with van der Waals surface area (Å²) in [5, 5.41) is 42.0. The summed E-state index contributed by atoms with van der Waals surface area (Å²) >= 11 is 0. The van der Waals surface area contributed by atoms with Gasteiger partial charge in [0.2, 0.25) is 0 Å². The second-order valence-electron chi connectivity index (χ2n) is 6.53. The van der Waals surface area contributed by atoms with E-state index in [-0.39, 0.29) is 5.91 Å². The van der Waals surface area contributed by atoms with Crippen molar-refractivity contribution in [2.45, 2.75) is 30.5 Å². The Labute approximate surface area is 162 Å². The molecule has 8 heteroatoms. The average molecular weight is 389 g/mol. The molecule has 8 nitrogen and oxygen atoms in total. The van der Waals surface area contributed by atoms with Gasteiger partial charge in [-0.2, -0.15) is 0 Å². The van der Waals surface area contributed by atoms with E-state index in [1.165, 1.54) is 0 Å². The van der Waals surface area contributed by atoms with Gasteiger partial charge in [-0.15, -0.1) is 0 Å². The van der Waals surface area contributed by atoms with Crippen LogP contribution >= 0.6 is 0 Å². The lowest BCUT2D eigenvalue weighted by Crippen LogP contribution is -2.55. The van der Waals surface area contributed by atoms with Gasteiger partial charge in [-0.3, -0.25) is 4.79 Å². The van der Waals surface area contributed by atoms with E-state index >= 15 is 0 Å². The predicted octanol–water partition coefficient (Wildman–Crippen LogP) is 0.353. The lowest BCUT2D eigenvalue weighted by molar-refractivity contribution is -0.231. The maximum Gasteiger partial charge on any atom is 0.251 e. The fraction of sp³-hybridized carbons (Fsp3) is 0.350. The number of benzene rings is 2. The molecule has 1 heterocycles. The SMILES string of the molecule is CNC(=O)c1ccc(Oc2cccc([C@H]3OC(CO)[C@@H](O)C(O)C3O)c2)cc1. The highest BCUT2D eigenvalue weighted by molar-refractivity contribution is 5.94. The molecular formula is C20H23NO7. The summed E-state index contributed by atoms with van der Waals surface area (Å²) in [7, 11) is 1.55. The fourth-order valence-electron chi connectivity index (χ4n) is 3.09. The van der Waals surface area contributed by atoms with Crippen molar-refractivity contribution >= 4 is 5.91 Å². The first-order chi connectivity index (χ1) is 13.4. The van der Waals surface area contributed by atoms with Gasteiger partial charge in [0.05, 0.1) is 6.61 Å². The number of carbonyl (C=O) groups excluding carboxylic acids is 1. The minimum Gasteiger partial charge on any atom is -0.457 e. The maximum atomic E-state index is 11.6. The Balaban J connectivity index is 1.77. The number of hydrogen-bond donors (Lipinski definition) is 5. The molecule has 3 rings (SSSR count). The molecule has 0 bridgehead atoms. The zero-order chi connectivity index (χ0) is 20.3. The van der Waals surface area contributed by atoms with Crippen LogP contribution in [-0.4, -0.2) is 64.4 Å². The Morgan fingerprint density at radius 1 is 1.04 bits per heavy atom. The van der Waals surface area contributed by atoms with Gasteiger partial charge in [0.1, 0.15) is 42.0 Å². The van der Waals surface area contributed by atoms with Crippen molar-refractivity contribution in [1.82, 2.24) is 5.32 Å². The van der Waals surface area contributed by atoms with E-state index < -0.39 is 37.1 Å². The molecular weight excluding hydrogens is 366 g/mol. The number of ether oxygens (including phenoxy) is 2. The Bertz CT molecular complexity index is 808. The highest BCUT2D eigenvalue weighted by Gasteiger charge is 2.43. The van der Waals surface area contributed by atoms with Crippen LogP contribution in [0.2, 0.25) is 0 Å². The predicted molar refractivity (Wildman–Crippen MR) is 99.1 cm³/mol. The van der Waals surface area contributed by atoms with Crippen LogP contribution in [0.25, 0.3) is 0 Å². The highest BCUT2D eigenvalue weighted by Crippen LogP contribution is 2.34. The second kappa shape index (κ2) is 8.68. The molecule has 150 valence electrons. The van der Waals surface area contributed by atoms with Crippen LogP contribution in [-0.2, 0) is 4.74 Å². The Morgan fingerprint density at radius 3 is 2.39 bits per heavy atom. The molecule has 1 aliphatic rings. The third-order valence-corrected chi connectivity index (χ3v) is 4.66. The van der Waals surface area contributed by atoms with Gasteiger partial charge in [-0.25, -0.2) is 0 Å². The van der Waals surface area contributed by atoms with E-state index in [0.717, 1.165) is 0 Å². The number of aliphatic hydroxyl groups excluding tert-OH is 4. The van der Waals surface area contributed by atoms with Crippen molar-refractivity contribution in [3.8, 4) is 11.5 Å². The molecule has 0 aromatic heterocycles. The van der Waals surface area contributed by atoms with Crippen molar-refractivity contribution in [2.24, 2.45) is 0 Å². The minimum atomic E-state index is -1.45. The van der Waals surface area contributed by atoms with E-state index in [2.05, 4.69) is 5.32 Å². The third kappa shape index (κ3) is 4.16. The lowest BCUT2D eigenvalue weighted by Gasteiger charge is -2.40. The summed E-state index contributed by atoms with van der Waals surface area (Å²) in [6, 6.07) is 13.3. The third-order valence-electron chi connectivity index (χ3n) is 4.66. The molecule has 0 radical (unpaired) electrons. The summed E-state index contributed by atoms with van der Waals surface area (Å²) in [5.41, 5.74) is 1.03. The zero-order valence-electron chi connectivity index (χ0n) is 15.2. The van der Waals surface area contributed by atoms with E-state index in [1.807, 2.05) is 0 Å². The van der Waals surface area contributed by atoms with Crippen LogP contribution in [0.5, 0.6) is 11.5 Å². The van der Waals surface area contributed by atoms with Crippen molar-refractivity contribution in [2.75, 3.05) is 13.7 Å². The highest BCUT2D eigenvalue weighted by atomic mass is 16.5. The van der Waals surface area contributed by atoms with E-state index in [4.69, 9.17) is 9.47 Å². The number of nitrogens with one attached hydrogen (secondary N) is 1. The zero-order valence-corrected chi connectivity index (χ0v) is 15.2. The molecule has 0 spiro atoms. The van der Waals surface area contributed by atoms with Crippen molar-refractivity contribution in [1.29, 1.82) is 0 Å². The molecule has 1 amide bonds. The minimum absolute atomic E-state index is 0.198. The normalized spacial score (nSPS) is 27.2. The quantitative estimate of drug-likeness (QED) is 0.499. The number of aliphatic hydroxyl groups is 4. The van der Waals surface area contributed by atoms with Gasteiger partial charge in [-0.1, -0.05) is 12.1 Å². The largest absolute Gasteiger partial charge is 0.457 e. The fourth-order valence-corrected chi connectivity index (χ4v) is 3.09. The summed E-state index contributed by atoms with van der Waals surface area (Å²) < 4.78 is 11.4. The molecule has 1 fully saturated rings. The van der Waals surface area contributed by atoms with Crippen LogP contribution in [0, 0.1) is 0 Å². The number of amides is 1. The topological polar surface area (TPSA) is 128 Å². The number of carbonyl (C=O) groups is 1. The molecule has 3 unspecified atom stereocenters. The summed E-state index contributed by atoms with van der Waals surface area (Å²) in [5.74, 6) is 0.775. The van der Waals surface area contributed by atoms with Gasteiger partial charge >= 0.3 is 0 Å². The number of rotatable bonds is 5. The maximum absolute atomic E-state index is 11.6. The van der Waals surface area contributed by atoms with E-state index in [9.17, 15) is 25.2 Å². The molecule has 1 aliphatic heterocycles. The Hall–Kier alpha value is -2.49. The first-order valence-electron chi connectivity index (χ1n) is 8.85. The standard InChI is InChI=1S/C20H23NO7/c1-21-20(26)11-5-7-13(8-6-11)27-14-4-2-3-12(9-14)19-18(25)17(24)16(23)15(10-22)28-19/h2-9,15-19,22-25H,10H2,1H3,(H,21,26)/t15?,16-,17?,18?,19-/m1/s1. The first kappa shape index (κ1) is 20.2. The molecule has 0 aliphatic carbocycles. The molecule has 28 heavy (non-hydrogen) atoms. The van der Waals surface area contributed by atoms with Crippen molar-refractivity contribution in [3.63, 3.8) is 0 Å². The molecule has 1 saturated heterocycles. The van der Waals surface area contributed by atoms with Crippen LogP contribution in [0.1, 0.15) is 22.0 Å². The molecule has 5 N–H and O–H groups in total. The monoisotopic (exact) mass is 389 g/mol. The Morgan fingerprint density at radius 2 is 1.75 bits per heavy atom. The van der Waals surface area contributed by atoms with E-state index in [0.29, 0.717) is 22.6 Å². The van der Waals surface area contributed by atoms with Gasteiger partial charge in [0, 0.05) is 12.6 Å². The van der Waals surface area contributed by atoms with Crippen molar-refractivity contribution < 1.29 is 34.7 Å². The van der Waals surface area contributed by atoms with Crippen LogP contribution < -0.4 is 10.1 Å². The summed E-state index contributed by atoms with van der Waals surface area (Å²) in [4.78, 5) is 11.6. The summed E-state index contributed by atoms with van der Waals surface area (Å²) in [6.45, 7) is -0.491. The van der Waals surface area contributed by atoms with Gasteiger partial charge in [0.25, 0.3) is 5.91 Å². The van der Waals surface area contributed by atoms with Gasteiger partial charge in [-0.05, 0) is 42.0 Å². The molecule has 5 atom stereocenters. The van der Waals surface area contributed by atoms with Crippen LogP contribution in [0.3, 0.4) is 0 Å². The molecule has 0 saturated carbocycles. The molecule has 2 aromatic carbocycles. The Kier molecular flexibility index (Phi) is 6.28. The van der Waals surface area contributed by atoms with E-state index in [1.54, 1.807) is 55.6 Å². The second-order valence-corrected chi connectivity index (χ2v) is 6.53. The van der Waals surface area contributed by atoms with Gasteiger partial charge < -0.3 is 35.2 Å². The lowest BCUT2D eigenvalue weighted by atomic mass is 9.91. The summed E-state index contributed by atoms with van der Waals surface area (Å²) in [6.07, 6.45) is -6.13.